The number of para-hydroxylation sites is 1. The number of H-pyrrole nitrogens is 1. The molecule has 0 aliphatic heterocycles. The number of amides is 1. The number of anilines is 1. The van der Waals surface area contributed by atoms with Gasteiger partial charge in [0.05, 0.1) is 12.0 Å². The molecule has 0 radical (unpaired) electrons. The lowest BCUT2D eigenvalue weighted by atomic mass is 10.1. The van der Waals surface area contributed by atoms with Crippen LogP contribution in [0.4, 0.5) is 5.13 Å². The zero-order valence-electron chi connectivity index (χ0n) is 16.6. The van der Waals surface area contributed by atoms with E-state index < -0.39 is 11.2 Å². The molecular weight excluding hydrogens is 418 g/mol. The van der Waals surface area contributed by atoms with Crippen molar-refractivity contribution in [3.05, 3.63) is 63.0 Å². The van der Waals surface area contributed by atoms with E-state index in [1.54, 1.807) is 0 Å². The van der Waals surface area contributed by atoms with Crippen LogP contribution in [0.25, 0.3) is 33.3 Å². The molecule has 31 heavy (non-hydrogen) atoms. The first-order chi connectivity index (χ1) is 14.9. The van der Waals surface area contributed by atoms with E-state index in [9.17, 15) is 14.4 Å². The van der Waals surface area contributed by atoms with E-state index >= 15 is 0 Å². The Morgan fingerprint density at radius 2 is 2.00 bits per heavy atom. The molecule has 5 aromatic rings. The number of nitrogens with zero attached hydrogens (tertiary/aromatic N) is 5. The van der Waals surface area contributed by atoms with Crippen molar-refractivity contribution in [2.75, 3.05) is 5.32 Å². The number of aromatic amines is 1. The molecule has 0 bridgehead atoms. The zero-order valence-corrected chi connectivity index (χ0v) is 17.4. The Hall–Kier alpha value is -3.99. The number of aryl methyl sites for hydroxylation is 1. The first-order valence-electron chi connectivity index (χ1n) is 9.37. The minimum atomic E-state index is -0.501. The van der Waals surface area contributed by atoms with Crippen molar-refractivity contribution < 1.29 is 4.79 Å². The highest BCUT2D eigenvalue weighted by Gasteiger charge is 2.17. The van der Waals surface area contributed by atoms with E-state index in [2.05, 4.69) is 20.3 Å². The van der Waals surface area contributed by atoms with Crippen molar-refractivity contribution in [1.29, 1.82) is 0 Å². The van der Waals surface area contributed by atoms with Crippen LogP contribution < -0.4 is 16.6 Å². The van der Waals surface area contributed by atoms with Crippen molar-refractivity contribution in [1.82, 2.24) is 28.7 Å². The van der Waals surface area contributed by atoms with Crippen LogP contribution in [-0.2, 0) is 25.4 Å². The average molecular weight is 435 g/mol. The number of rotatable bonds is 4. The van der Waals surface area contributed by atoms with Gasteiger partial charge in [-0.15, -0.1) is 11.3 Å². The molecule has 0 unspecified atom stereocenters. The first-order valence-corrected chi connectivity index (χ1v) is 10.2. The number of imidazole rings is 1. The van der Waals surface area contributed by atoms with Gasteiger partial charge in [0.1, 0.15) is 6.54 Å². The third-order valence-electron chi connectivity index (χ3n) is 5.15. The lowest BCUT2D eigenvalue weighted by molar-refractivity contribution is -0.116. The van der Waals surface area contributed by atoms with Crippen LogP contribution in [0.5, 0.6) is 0 Å². The van der Waals surface area contributed by atoms with Crippen molar-refractivity contribution in [2.24, 2.45) is 14.1 Å². The summed E-state index contributed by atoms with van der Waals surface area (Å²) in [5.74, 6) is -0.352. The summed E-state index contributed by atoms with van der Waals surface area (Å²) in [6.45, 7) is -0.133. The Labute approximate surface area is 178 Å². The molecule has 4 heterocycles. The Balaban J connectivity index is 1.40. The van der Waals surface area contributed by atoms with E-state index in [4.69, 9.17) is 0 Å². The number of thiazole rings is 1. The summed E-state index contributed by atoms with van der Waals surface area (Å²) < 4.78 is 3.70. The Kier molecular flexibility index (Phi) is 4.33. The van der Waals surface area contributed by atoms with Gasteiger partial charge < -0.3 is 14.9 Å². The first kappa shape index (κ1) is 19.0. The highest BCUT2D eigenvalue weighted by atomic mass is 32.1. The van der Waals surface area contributed by atoms with Crippen LogP contribution in [0.1, 0.15) is 0 Å². The zero-order chi connectivity index (χ0) is 21.7. The number of fused-ring (bicyclic) bond motifs is 2. The number of carbonyl (C=O) groups is 1. The summed E-state index contributed by atoms with van der Waals surface area (Å²) in [4.78, 5) is 49.0. The van der Waals surface area contributed by atoms with Gasteiger partial charge >= 0.3 is 5.69 Å². The van der Waals surface area contributed by atoms with Crippen LogP contribution in [-0.4, -0.2) is 34.6 Å². The minimum Gasteiger partial charge on any atom is -0.360 e. The summed E-state index contributed by atoms with van der Waals surface area (Å²) in [5.41, 5.74) is 2.18. The largest absolute Gasteiger partial charge is 0.360 e. The highest BCUT2D eigenvalue weighted by molar-refractivity contribution is 7.14. The fourth-order valence-electron chi connectivity index (χ4n) is 3.57. The summed E-state index contributed by atoms with van der Waals surface area (Å²) in [6.07, 6.45) is 3.27. The number of hydrogen-bond acceptors (Lipinski definition) is 6. The smallest absolute Gasteiger partial charge is 0.332 e. The molecule has 0 saturated heterocycles. The van der Waals surface area contributed by atoms with Crippen molar-refractivity contribution in [2.45, 2.75) is 6.54 Å². The second-order valence-electron chi connectivity index (χ2n) is 7.08. The molecule has 0 aliphatic carbocycles. The number of benzene rings is 1. The van der Waals surface area contributed by atoms with Gasteiger partial charge in [-0.05, 0) is 6.07 Å². The predicted octanol–water partition coefficient (Wildman–Crippen LogP) is 1.68. The third-order valence-corrected chi connectivity index (χ3v) is 5.90. The molecule has 0 atom stereocenters. The van der Waals surface area contributed by atoms with Gasteiger partial charge in [-0.3, -0.25) is 18.7 Å². The van der Waals surface area contributed by atoms with Crippen LogP contribution >= 0.6 is 11.3 Å². The molecular formula is C20H17N7O3S. The molecule has 0 saturated carbocycles. The second-order valence-corrected chi connectivity index (χ2v) is 7.94. The van der Waals surface area contributed by atoms with Crippen LogP contribution in [0.15, 0.2) is 51.8 Å². The number of nitrogens with one attached hydrogen (secondary N) is 2. The fraction of sp³-hybridized carbons (Fsp3) is 0.150. The van der Waals surface area contributed by atoms with Crippen molar-refractivity contribution in [3.8, 4) is 11.3 Å². The number of hydrogen-bond donors (Lipinski definition) is 2. The van der Waals surface area contributed by atoms with Gasteiger partial charge in [0.25, 0.3) is 5.56 Å². The van der Waals surface area contributed by atoms with E-state index in [1.807, 2.05) is 35.8 Å². The minimum absolute atomic E-state index is 0.133. The van der Waals surface area contributed by atoms with Gasteiger partial charge in [-0.1, -0.05) is 18.2 Å². The van der Waals surface area contributed by atoms with Crippen LogP contribution in [0.3, 0.4) is 0 Å². The second kappa shape index (κ2) is 7.06. The Bertz CT molecular complexity index is 1580. The lowest BCUT2D eigenvalue weighted by Gasteiger charge is -2.06. The molecule has 156 valence electrons. The van der Waals surface area contributed by atoms with Crippen LogP contribution in [0, 0.1) is 0 Å². The average Bonchev–Trinajstić information content (AvgIpc) is 3.49. The summed E-state index contributed by atoms with van der Waals surface area (Å²) >= 11 is 1.32. The van der Waals surface area contributed by atoms with E-state index in [0.717, 1.165) is 26.7 Å². The molecule has 1 aromatic carbocycles. The molecule has 1 amide bonds. The molecule has 0 aliphatic rings. The molecule has 4 aromatic heterocycles. The van der Waals surface area contributed by atoms with Gasteiger partial charge in [0.2, 0.25) is 5.91 Å². The molecule has 0 fully saturated rings. The third kappa shape index (κ3) is 3.06. The van der Waals surface area contributed by atoms with Gasteiger partial charge in [0.15, 0.2) is 16.3 Å². The Morgan fingerprint density at radius 1 is 1.19 bits per heavy atom. The standard InChI is InChI=1S/C20H17N7O3S/c1-25-17-16(18(29)26(2)20(25)30)27(10-22-17)8-15(28)24-19-23-14(9-31-19)12-7-21-13-6-4-3-5-11(12)13/h3-7,9-10,21H,8H2,1-2H3,(H,23,24,28). The monoisotopic (exact) mass is 435 g/mol. The SMILES string of the molecule is Cn1c(=O)c2c(ncn2CC(=O)Nc2nc(-c3c[nH]c4ccccc34)cs2)n(C)c1=O. The van der Waals surface area contributed by atoms with E-state index in [-0.39, 0.29) is 23.6 Å². The van der Waals surface area contributed by atoms with Gasteiger partial charge in [0, 0.05) is 42.1 Å². The maximum absolute atomic E-state index is 12.6. The van der Waals surface area contributed by atoms with E-state index in [1.165, 1.54) is 40.9 Å². The van der Waals surface area contributed by atoms with Gasteiger partial charge in [-0.25, -0.2) is 14.8 Å². The van der Waals surface area contributed by atoms with E-state index in [0.29, 0.717) is 5.13 Å². The molecule has 0 spiro atoms. The topological polar surface area (TPSA) is 120 Å². The molecule has 11 heteroatoms. The maximum atomic E-state index is 12.6. The van der Waals surface area contributed by atoms with Crippen LogP contribution in [0.2, 0.25) is 0 Å². The predicted molar refractivity (Wildman–Crippen MR) is 118 cm³/mol. The quantitative estimate of drug-likeness (QED) is 0.445. The highest BCUT2D eigenvalue weighted by Crippen LogP contribution is 2.30. The van der Waals surface area contributed by atoms with Crippen molar-refractivity contribution in [3.63, 3.8) is 0 Å². The maximum Gasteiger partial charge on any atom is 0.332 e. The summed E-state index contributed by atoms with van der Waals surface area (Å²) in [5, 5.41) is 6.15. The molecule has 10 nitrogen and oxygen atoms in total. The number of aromatic nitrogens is 6. The van der Waals surface area contributed by atoms with Crippen molar-refractivity contribution >= 4 is 44.4 Å². The number of carbonyl (C=O) groups excluding carboxylic acids is 1. The van der Waals surface area contributed by atoms with Gasteiger partial charge in [-0.2, -0.15) is 0 Å². The Morgan fingerprint density at radius 3 is 2.84 bits per heavy atom. The normalized spacial score (nSPS) is 11.4. The summed E-state index contributed by atoms with van der Waals surface area (Å²) in [7, 11) is 2.92. The lowest BCUT2D eigenvalue weighted by Crippen LogP contribution is -2.37. The molecule has 2 N–H and O–H groups in total. The summed E-state index contributed by atoms with van der Waals surface area (Å²) in [6, 6.07) is 7.92. The fourth-order valence-corrected chi connectivity index (χ4v) is 4.30. The molecule has 5 rings (SSSR count).